The molecule has 0 spiro atoms. The molecule has 1 atom stereocenters. The molecule has 23 heavy (non-hydrogen) atoms. The van der Waals surface area contributed by atoms with E-state index in [0.717, 1.165) is 29.4 Å². The summed E-state index contributed by atoms with van der Waals surface area (Å²) in [4.78, 5) is 18.6. The number of likely N-dealkylation sites (tertiary alicyclic amines) is 1. The monoisotopic (exact) mass is 377 g/mol. The van der Waals surface area contributed by atoms with E-state index in [1.165, 1.54) is 0 Å². The number of aromatic nitrogens is 2. The van der Waals surface area contributed by atoms with Crippen LogP contribution in [0.5, 0.6) is 0 Å². The Morgan fingerprint density at radius 3 is 2.78 bits per heavy atom. The lowest BCUT2D eigenvalue weighted by molar-refractivity contribution is -0.135. The fourth-order valence-electron chi connectivity index (χ4n) is 2.86. The number of benzene rings is 1. The third kappa shape index (κ3) is 3.63. The second-order valence-electron chi connectivity index (χ2n) is 6.24. The highest BCUT2D eigenvalue weighted by Gasteiger charge is 2.29. The fourth-order valence-corrected chi connectivity index (χ4v) is 3.13. The molecule has 2 heterocycles. The van der Waals surface area contributed by atoms with Crippen molar-refractivity contribution in [1.82, 2.24) is 15.0 Å². The quantitative estimate of drug-likeness (QED) is 0.814. The predicted octanol–water partition coefficient (Wildman–Crippen LogP) is 3.86. The smallest absolute Gasteiger partial charge is 0.231 e. The Morgan fingerprint density at radius 2 is 2.09 bits per heavy atom. The van der Waals surface area contributed by atoms with E-state index >= 15 is 0 Å². The van der Waals surface area contributed by atoms with E-state index in [0.29, 0.717) is 18.3 Å². The van der Waals surface area contributed by atoms with Crippen LogP contribution in [0.1, 0.15) is 38.5 Å². The minimum Gasteiger partial charge on any atom is -0.342 e. The number of amides is 1. The van der Waals surface area contributed by atoms with Crippen molar-refractivity contribution in [1.29, 1.82) is 0 Å². The maximum absolute atomic E-state index is 12.2. The van der Waals surface area contributed by atoms with E-state index in [2.05, 4.69) is 26.1 Å². The van der Waals surface area contributed by atoms with E-state index in [1.54, 1.807) is 0 Å². The summed E-state index contributed by atoms with van der Waals surface area (Å²) in [5.74, 6) is 1.57. The summed E-state index contributed by atoms with van der Waals surface area (Å²) in [6.45, 7) is 5.36. The van der Waals surface area contributed by atoms with Crippen LogP contribution in [0.15, 0.2) is 33.3 Å². The number of nitrogens with zero attached hydrogens (tertiary/aromatic N) is 3. The molecule has 1 saturated heterocycles. The molecule has 0 N–H and O–H groups in total. The second kappa shape index (κ2) is 6.83. The number of hydrogen-bond acceptors (Lipinski definition) is 4. The summed E-state index contributed by atoms with van der Waals surface area (Å²) in [6.07, 6.45) is 1.95. The summed E-state index contributed by atoms with van der Waals surface area (Å²) < 4.78 is 6.48. The van der Waals surface area contributed by atoms with Crippen molar-refractivity contribution in [2.24, 2.45) is 5.92 Å². The number of hydrogen-bond donors (Lipinski definition) is 0. The maximum Gasteiger partial charge on any atom is 0.231 e. The molecule has 0 bridgehead atoms. The lowest BCUT2D eigenvalue weighted by atomic mass is 9.97. The summed E-state index contributed by atoms with van der Waals surface area (Å²) in [7, 11) is 0. The van der Waals surface area contributed by atoms with Crippen LogP contribution in [0.3, 0.4) is 0 Å². The number of halogens is 1. The van der Waals surface area contributed by atoms with Crippen molar-refractivity contribution in [3.8, 4) is 11.4 Å². The van der Waals surface area contributed by atoms with Gasteiger partial charge in [-0.25, -0.2) is 0 Å². The SMILES string of the molecule is CC(C)C(=O)N1CCCC(c2nc(-c3ccc(Br)cc3)no2)C1. The lowest BCUT2D eigenvalue weighted by Gasteiger charge is -2.32. The molecule has 0 saturated carbocycles. The normalized spacial score (nSPS) is 18.4. The summed E-state index contributed by atoms with van der Waals surface area (Å²) in [5, 5.41) is 4.09. The predicted molar refractivity (Wildman–Crippen MR) is 90.8 cm³/mol. The number of carbonyl (C=O) groups excluding carboxylic acids is 1. The van der Waals surface area contributed by atoms with Crippen molar-refractivity contribution in [2.75, 3.05) is 13.1 Å². The first-order chi connectivity index (χ1) is 11.0. The zero-order valence-electron chi connectivity index (χ0n) is 13.3. The molecular formula is C17H20BrN3O2. The van der Waals surface area contributed by atoms with E-state index in [9.17, 15) is 4.79 Å². The van der Waals surface area contributed by atoms with Gasteiger partial charge in [0.1, 0.15) is 0 Å². The minimum atomic E-state index is 0.0229. The van der Waals surface area contributed by atoms with Crippen LogP contribution in [-0.4, -0.2) is 34.0 Å². The van der Waals surface area contributed by atoms with Gasteiger partial charge >= 0.3 is 0 Å². The lowest BCUT2D eigenvalue weighted by Crippen LogP contribution is -2.41. The third-order valence-corrected chi connectivity index (χ3v) is 4.65. The van der Waals surface area contributed by atoms with Gasteiger partial charge in [0.15, 0.2) is 0 Å². The van der Waals surface area contributed by atoms with Crippen LogP contribution in [0.2, 0.25) is 0 Å². The van der Waals surface area contributed by atoms with Gasteiger partial charge in [0.25, 0.3) is 0 Å². The Morgan fingerprint density at radius 1 is 1.35 bits per heavy atom. The molecule has 1 aliphatic heterocycles. The molecular weight excluding hydrogens is 358 g/mol. The second-order valence-corrected chi connectivity index (χ2v) is 7.16. The first-order valence-electron chi connectivity index (χ1n) is 7.93. The number of piperidine rings is 1. The molecule has 0 radical (unpaired) electrons. The van der Waals surface area contributed by atoms with Gasteiger partial charge < -0.3 is 9.42 Å². The number of carbonyl (C=O) groups is 1. The molecule has 1 aromatic carbocycles. The Kier molecular flexibility index (Phi) is 4.80. The topological polar surface area (TPSA) is 59.2 Å². The Bertz CT molecular complexity index is 681. The molecule has 1 aliphatic rings. The fraction of sp³-hybridized carbons (Fsp3) is 0.471. The van der Waals surface area contributed by atoms with E-state index in [-0.39, 0.29) is 17.7 Å². The molecule has 1 unspecified atom stereocenters. The zero-order valence-corrected chi connectivity index (χ0v) is 14.9. The van der Waals surface area contributed by atoms with Crippen LogP contribution in [-0.2, 0) is 4.79 Å². The standard InChI is InChI=1S/C17H20BrN3O2/c1-11(2)17(22)21-9-3-4-13(10-21)16-19-15(20-23-16)12-5-7-14(18)8-6-12/h5-8,11,13H,3-4,9-10H2,1-2H3. The molecule has 3 rings (SSSR count). The Labute approximate surface area is 144 Å². The van der Waals surface area contributed by atoms with E-state index in [1.807, 2.05) is 43.0 Å². The van der Waals surface area contributed by atoms with Gasteiger partial charge in [-0.05, 0) is 37.1 Å². The van der Waals surface area contributed by atoms with Crippen molar-refractivity contribution in [3.05, 3.63) is 34.6 Å². The molecule has 5 nitrogen and oxygen atoms in total. The summed E-state index contributed by atoms with van der Waals surface area (Å²) in [5.41, 5.74) is 0.925. The minimum absolute atomic E-state index is 0.0229. The zero-order chi connectivity index (χ0) is 16.4. The van der Waals surface area contributed by atoms with Crippen LogP contribution < -0.4 is 0 Å². The molecule has 0 aliphatic carbocycles. The largest absolute Gasteiger partial charge is 0.342 e. The van der Waals surface area contributed by atoms with Crippen molar-refractivity contribution in [3.63, 3.8) is 0 Å². The van der Waals surface area contributed by atoms with E-state index in [4.69, 9.17) is 4.52 Å². The maximum atomic E-state index is 12.2. The third-order valence-electron chi connectivity index (χ3n) is 4.12. The van der Waals surface area contributed by atoms with Crippen molar-refractivity contribution >= 4 is 21.8 Å². The van der Waals surface area contributed by atoms with Crippen LogP contribution >= 0.6 is 15.9 Å². The van der Waals surface area contributed by atoms with Crippen LogP contribution in [0, 0.1) is 5.92 Å². The van der Waals surface area contributed by atoms with Gasteiger partial charge in [0.05, 0.1) is 5.92 Å². The molecule has 122 valence electrons. The molecule has 1 fully saturated rings. The molecule has 2 aromatic rings. The first-order valence-corrected chi connectivity index (χ1v) is 8.72. The molecule has 1 amide bonds. The highest BCUT2D eigenvalue weighted by Crippen LogP contribution is 2.28. The average molecular weight is 378 g/mol. The average Bonchev–Trinajstić information content (AvgIpc) is 3.05. The van der Waals surface area contributed by atoms with Crippen molar-refractivity contribution < 1.29 is 9.32 Å². The Balaban J connectivity index is 1.74. The molecule has 6 heteroatoms. The molecule has 1 aromatic heterocycles. The van der Waals surface area contributed by atoms with Gasteiger partial charge in [-0.15, -0.1) is 0 Å². The van der Waals surface area contributed by atoms with Gasteiger partial charge in [-0.2, -0.15) is 4.98 Å². The van der Waals surface area contributed by atoms with Gasteiger partial charge in [0.2, 0.25) is 17.6 Å². The van der Waals surface area contributed by atoms with Crippen molar-refractivity contribution in [2.45, 2.75) is 32.6 Å². The van der Waals surface area contributed by atoms with Gasteiger partial charge in [-0.1, -0.05) is 34.9 Å². The summed E-state index contributed by atoms with van der Waals surface area (Å²) >= 11 is 3.42. The van der Waals surface area contributed by atoms with Crippen LogP contribution in [0.25, 0.3) is 11.4 Å². The van der Waals surface area contributed by atoms with Gasteiger partial charge in [0, 0.05) is 29.0 Å². The highest BCUT2D eigenvalue weighted by atomic mass is 79.9. The Hall–Kier alpha value is -1.69. The highest BCUT2D eigenvalue weighted by molar-refractivity contribution is 9.10. The van der Waals surface area contributed by atoms with Crippen LogP contribution in [0.4, 0.5) is 0 Å². The van der Waals surface area contributed by atoms with Gasteiger partial charge in [-0.3, -0.25) is 4.79 Å². The first kappa shape index (κ1) is 16.2. The number of rotatable bonds is 3. The van der Waals surface area contributed by atoms with E-state index < -0.39 is 0 Å². The summed E-state index contributed by atoms with van der Waals surface area (Å²) in [6, 6.07) is 7.81.